The second-order valence-corrected chi connectivity index (χ2v) is 5.16. The van der Waals surface area contributed by atoms with Crippen molar-refractivity contribution >= 4 is 28.1 Å². The van der Waals surface area contributed by atoms with Crippen LogP contribution in [-0.4, -0.2) is 22.2 Å². The van der Waals surface area contributed by atoms with Gasteiger partial charge in [0.1, 0.15) is 6.10 Å². The maximum absolute atomic E-state index is 6.04. The number of hydrogen-bond donors (Lipinski definition) is 0. The van der Waals surface area contributed by atoms with Crippen LogP contribution in [0.4, 0.5) is 0 Å². The third-order valence-corrected chi connectivity index (χ3v) is 3.47. The van der Waals surface area contributed by atoms with Crippen LogP contribution in [0.1, 0.15) is 18.9 Å². The molecule has 2 aromatic rings. The Morgan fingerprint density at radius 2 is 2.17 bits per heavy atom. The van der Waals surface area contributed by atoms with E-state index in [1.165, 1.54) is 0 Å². The van der Waals surface area contributed by atoms with Crippen molar-refractivity contribution in [3.05, 3.63) is 42.2 Å². The molecule has 0 bridgehead atoms. The van der Waals surface area contributed by atoms with Gasteiger partial charge in [0.15, 0.2) is 0 Å². The lowest BCUT2D eigenvalue weighted by Gasteiger charge is -2.09. The predicted octanol–water partition coefficient (Wildman–Crippen LogP) is 3.36. The lowest BCUT2D eigenvalue weighted by molar-refractivity contribution is 0.0855. The molecule has 3 nitrogen and oxygen atoms in total. The lowest BCUT2D eigenvalue weighted by Crippen LogP contribution is -2.18. The highest BCUT2D eigenvalue weighted by molar-refractivity contribution is 6.21. The number of oxime groups is 1. The third kappa shape index (κ3) is 1.95. The summed E-state index contributed by atoms with van der Waals surface area (Å²) in [4.78, 5) is 9.62. The van der Waals surface area contributed by atoms with E-state index in [2.05, 4.69) is 16.2 Å². The van der Waals surface area contributed by atoms with E-state index in [9.17, 15) is 0 Å². The molecule has 0 spiro atoms. The second kappa shape index (κ2) is 4.58. The number of alkyl halides is 1. The summed E-state index contributed by atoms with van der Waals surface area (Å²) in [6.07, 6.45) is 4.39. The molecule has 0 saturated heterocycles. The largest absolute Gasteiger partial charge is 0.390 e. The zero-order valence-corrected chi connectivity index (χ0v) is 10.8. The first-order chi connectivity index (χ1) is 8.75. The van der Waals surface area contributed by atoms with E-state index in [1.54, 1.807) is 0 Å². The van der Waals surface area contributed by atoms with Crippen LogP contribution < -0.4 is 0 Å². The van der Waals surface area contributed by atoms with E-state index < -0.39 is 0 Å². The van der Waals surface area contributed by atoms with E-state index in [-0.39, 0.29) is 11.5 Å². The number of hydrogen-bond acceptors (Lipinski definition) is 3. The van der Waals surface area contributed by atoms with E-state index in [0.29, 0.717) is 0 Å². The molecule has 1 aromatic carbocycles. The molecular weight excluding hydrogens is 248 g/mol. The normalized spacial score (nSPS) is 20.6. The van der Waals surface area contributed by atoms with Gasteiger partial charge in [-0.1, -0.05) is 29.4 Å². The van der Waals surface area contributed by atoms with Crippen molar-refractivity contribution in [2.24, 2.45) is 5.16 Å². The molecule has 1 aromatic heterocycles. The number of nitrogens with zero attached hydrogens (tertiary/aromatic N) is 2. The summed E-state index contributed by atoms with van der Waals surface area (Å²) in [5, 5.41) is 6.37. The van der Waals surface area contributed by atoms with Gasteiger partial charge in [0.2, 0.25) is 0 Å². The Morgan fingerprint density at radius 1 is 1.33 bits per heavy atom. The minimum absolute atomic E-state index is 0.0411. The molecule has 2 unspecified atom stereocenters. The SMILES string of the molecule is CC(Cl)C1CC(c2cncc3ccccc23)=NO1. The molecule has 92 valence electrons. The van der Waals surface area contributed by atoms with Crippen LogP contribution in [0.3, 0.4) is 0 Å². The maximum Gasteiger partial charge on any atom is 0.149 e. The van der Waals surface area contributed by atoms with Gasteiger partial charge in [0.05, 0.1) is 11.1 Å². The van der Waals surface area contributed by atoms with Gasteiger partial charge < -0.3 is 4.84 Å². The molecule has 0 saturated carbocycles. The number of aromatic nitrogens is 1. The van der Waals surface area contributed by atoms with Gasteiger partial charge in [-0.15, -0.1) is 11.6 Å². The number of fused-ring (bicyclic) bond motifs is 1. The van der Waals surface area contributed by atoms with E-state index in [1.807, 2.05) is 37.5 Å². The predicted molar refractivity (Wildman–Crippen MR) is 73.1 cm³/mol. The van der Waals surface area contributed by atoms with E-state index in [4.69, 9.17) is 16.4 Å². The van der Waals surface area contributed by atoms with Crippen LogP contribution >= 0.6 is 11.6 Å². The Hall–Kier alpha value is -1.61. The summed E-state index contributed by atoms with van der Waals surface area (Å²) >= 11 is 6.04. The maximum atomic E-state index is 6.04. The van der Waals surface area contributed by atoms with Crippen molar-refractivity contribution < 1.29 is 4.84 Å². The molecule has 2 atom stereocenters. The summed E-state index contributed by atoms with van der Waals surface area (Å²) in [7, 11) is 0. The molecular formula is C14H13ClN2O. The van der Waals surface area contributed by atoms with Crippen LogP contribution in [0.5, 0.6) is 0 Å². The number of rotatable bonds is 2. The Kier molecular flexibility index (Phi) is 2.92. The fourth-order valence-electron chi connectivity index (χ4n) is 2.15. The number of benzene rings is 1. The highest BCUT2D eigenvalue weighted by Gasteiger charge is 2.27. The van der Waals surface area contributed by atoms with Gasteiger partial charge in [0.25, 0.3) is 0 Å². The summed E-state index contributed by atoms with van der Waals surface area (Å²) in [5.74, 6) is 0. The first kappa shape index (κ1) is 11.5. The highest BCUT2D eigenvalue weighted by Crippen LogP contribution is 2.25. The lowest BCUT2D eigenvalue weighted by atomic mass is 10.00. The summed E-state index contributed by atoms with van der Waals surface area (Å²) < 4.78 is 0. The van der Waals surface area contributed by atoms with Gasteiger partial charge in [-0.3, -0.25) is 4.98 Å². The minimum atomic E-state index is -0.0471. The fourth-order valence-corrected chi connectivity index (χ4v) is 2.28. The van der Waals surface area contributed by atoms with Crippen LogP contribution in [0.25, 0.3) is 10.8 Å². The van der Waals surface area contributed by atoms with E-state index in [0.717, 1.165) is 28.5 Å². The van der Waals surface area contributed by atoms with Crippen molar-refractivity contribution in [2.45, 2.75) is 24.8 Å². The molecule has 0 fully saturated rings. The van der Waals surface area contributed by atoms with Crippen LogP contribution in [0, 0.1) is 0 Å². The molecule has 0 N–H and O–H groups in total. The number of halogens is 1. The Bertz CT molecular complexity index is 604. The van der Waals surface area contributed by atoms with Gasteiger partial charge in [-0.2, -0.15) is 0 Å². The van der Waals surface area contributed by atoms with Gasteiger partial charge in [0, 0.05) is 29.8 Å². The molecule has 0 radical (unpaired) electrons. The Morgan fingerprint density at radius 3 is 2.94 bits per heavy atom. The zero-order chi connectivity index (χ0) is 12.5. The minimum Gasteiger partial charge on any atom is -0.390 e. The second-order valence-electron chi connectivity index (χ2n) is 4.47. The van der Waals surface area contributed by atoms with Crippen molar-refractivity contribution in [1.29, 1.82) is 0 Å². The summed E-state index contributed by atoms with van der Waals surface area (Å²) in [6.45, 7) is 1.92. The van der Waals surface area contributed by atoms with Crippen molar-refractivity contribution in [3.63, 3.8) is 0 Å². The molecule has 4 heteroatoms. The van der Waals surface area contributed by atoms with Crippen LogP contribution in [-0.2, 0) is 4.84 Å². The monoisotopic (exact) mass is 260 g/mol. The standard InChI is InChI=1S/C14H13ClN2O/c1-9(15)14-6-13(17-18-14)12-8-16-7-10-4-2-3-5-11(10)12/h2-5,7-9,14H,6H2,1H3. The quantitative estimate of drug-likeness (QED) is 0.776. The van der Waals surface area contributed by atoms with Gasteiger partial charge in [-0.05, 0) is 12.3 Å². The average Bonchev–Trinajstić information content (AvgIpc) is 2.87. The molecule has 0 aliphatic carbocycles. The van der Waals surface area contributed by atoms with Gasteiger partial charge in [-0.25, -0.2) is 0 Å². The molecule has 1 aliphatic rings. The highest BCUT2D eigenvalue weighted by atomic mass is 35.5. The zero-order valence-electron chi connectivity index (χ0n) is 10.0. The molecule has 0 amide bonds. The van der Waals surface area contributed by atoms with Crippen molar-refractivity contribution in [2.75, 3.05) is 0 Å². The average molecular weight is 261 g/mol. The first-order valence-corrected chi connectivity index (χ1v) is 6.39. The Labute approximate surface area is 110 Å². The van der Waals surface area contributed by atoms with Crippen LogP contribution in [0.2, 0.25) is 0 Å². The molecule has 2 heterocycles. The Balaban J connectivity index is 2.01. The van der Waals surface area contributed by atoms with Crippen molar-refractivity contribution in [3.8, 4) is 0 Å². The van der Waals surface area contributed by atoms with Crippen molar-refractivity contribution in [1.82, 2.24) is 4.98 Å². The molecule has 3 rings (SSSR count). The fraction of sp³-hybridized carbons (Fsp3) is 0.286. The molecule has 18 heavy (non-hydrogen) atoms. The summed E-state index contributed by atoms with van der Waals surface area (Å²) in [6, 6.07) is 8.14. The third-order valence-electron chi connectivity index (χ3n) is 3.18. The van der Waals surface area contributed by atoms with E-state index >= 15 is 0 Å². The first-order valence-electron chi connectivity index (χ1n) is 5.95. The number of pyridine rings is 1. The smallest absolute Gasteiger partial charge is 0.149 e. The summed E-state index contributed by atoms with van der Waals surface area (Å²) in [5.41, 5.74) is 1.96. The molecule has 1 aliphatic heterocycles. The van der Waals surface area contributed by atoms with Gasteiger partial charge >= 0.3 is 0 Å². The topological polar surface area (TPSA) is 34.5 Å². The van der Waals surface area contributed by atoms with Crippen LogP contribution in [0.15, 0.2) is 41.8 Å².